The molecule has 1 rings (SSSR count). The van der Waals surface area contributed by atoms with Crippen LogP contribution in [0.1, 0.15) is 27.7 Å². The maximum atomic E-state index is 13.3. The fourth-order valence-electron chi connectivity index (χ4n) is 1.10. The second kappa shape index (κ2) is 4.91. The van der Waals surface area contributed by atoms with E-state index in [1.807, 2.05) is 0 Å². The van der Waals surface area contributed by atoms with Crippen molar-refractivity contribution in [2.45, 2.75) is 38.9 Å². The molecule has 0 fully saturated rings. The summed E-state index contributed by atoms with van der Waals surface area (Å²) < 4.78 is 31.4. The predicted molar refractivity (Wildman–Crippen MR) is 63.2 cm³/mol. The fourth-order valence-corrected chi connectivity index (χ4v) is 1.10. The molecule has 0 aliphatic carbocycles. The molecule has 18 heavy (non-hydrogen) atoms. The molecule has 0 radical (unpaired) electrons. The van der Waals surface area contributed by atoms with Crippen molar-refractivity contribution in [2.75, 3.05) is 0 Å². The third kappa shape index (κ3) is 3.25. The van der Waals surface area contributed by atoms with Crippen LogP contribution in [-0.4, -0.2) is 33.4 Å². The third-order valence-electron chi connectivity index (χ3n) is 2.98. The molecule has 0 atom stereocenters. The molecule has 2 N–H and O–H groups in total. The number of pyridine rings is 1. The number of hydrogen-bond acceptors (Lipinski definition) is 4. The molecule has 4 nitrogen and oxygen atoms in total. The third-order valence-corrected chi connectivity index (χ3v) is 2.98. The highest BCUT2D eigenvalue weighted by Crippen LogP contribution is 2.25. The molecule has 0 saturated carbocycles. The molecule has 7 heteroatoms. The Balaban J connectivity index is 2.95. The molecular formula is C11H16BF2NO3. The Morgan fingerprint density at radius 1 is 1.28 bits per heavy atom. The quantitative estimate of drug-likeness (QED) is 0.614. The summed E-state index contributed by atoms with van der Waals surface area (Å²) in [5, 5.41) is 19.6. The molecular weight excluding hydrogens is 243 g/mol. The average molecular weight is 259 g/mol. The van der Waals surface area contributed by atoms with Crippen LogP contribution in [-0.2, 0) is 4.65 Å². The lowest BCUT2D eigenvalue weighted by Gasteiger charge is -2.38. The van der Waals surface area contributed by atoms with Crippen molar-refractivity contribution in [3.05, 3.63) is 24.0 Å². The number of hydrogen-bond donors (Lipinski definition) is 2. The minimum Gasteiger partial charge on any atom is -0.423 e. The zero-order valence-corrected chi connectivity index (χ0v) is 10.7. The van der Waals surface area contributed by atoms with Crippen molar-refractivity contribution < 1.29 is 23.6 Å². The van der Waals surface area contributed by atoms with Gasteiger partial charge in [0.2, 0.25) is 5.95 Å². The Labute approximate surface area is 105 Å². The van der Waals surface area contributed by atoms with Gasteiger partial charge in [0.1, 0.15) is 5.82 Å². The van der Waals surface area contributed by atoms with Gasteiger partial charge in [0.05, 0.1) is 17.4 Å². The number of halogens is 2. The standard InChI is InChI=1S/C11H16BF2NO3/c1-10(2,16)11(3,4)18-12(17)8-5-7(13)6-15-9(8)14/h5-6,16-17H,1-4H3. The Morgan fingerprint density at radius 2 is 1.83 bits per heavy atom. The zero-order chi connectivity index (χ0) is 14.1. The van der Waals surface area contributed by atoms with Gasteiger partial charge in [0.15, 0.2) is 0 Å². The Morgan fingerprint density at radius 3 is 2.33 bits per heavy atom. The highest BCUT2D eigenvalue weighted by atomic mass is 19.1. The van der Waals surface area contributed by atoms with Crippen molar-refractivity contribution in [1.29, 1.82) is 0 Å². The number of aromatic nitrogens is 1. The predicted octanol–water partition coefficient (Wildman–Crippen LogP) is 0.613. The van der Waals surface area contributed by atoms with Crippen LogP contribution in [0.4, 0.5) is 8.78 Å². The van der Waals surface area contributed by atoms with Crippen LogP contribution in [0.2, 0.25) is 0 Å². The average Bonchev–Trinajstić information content (AvgIpc) is 2.19. The van der Waals surface area contributed by atoms with Gasteiger partial charge in [-0.3, -0.25) is 0 Å². The zero-order valence-electron chi connectivity index (χ0n) is 10.7. The summed E-state index contributed by atoms with van der Waals surface area (Å²) in [6.45, 7) is 6.03. The molecule has 0 spiro atoms. The molecule has 0 aromatic carbocycles. The van der Waals surface area contributed by atoms with E-state index in [0.717, 1.165) is 6.07 Å². The van der Waals surface area contributed by atoms with Crippen molar-refractivity contribution >= 4 is 12.6 Å². The molecule has 0 aliphatic heterocycles. The summed E-state index contributed by atoms with van der Waals surface area (Å²) >= 11 is 0. The molecule has 0 unspecified atom stereocenters. The number of aliphatic hydroxyl groups is 1. The lowest BCUT2D eigenvalue weighted by atomic mass is 9.77. The van der Waals surface area contributed by atoms with Gasteiger partial charge in [0.25, 0.3) is 0 Å². The van der Waals surface area contributed by atoms with E-state index >= 15 is 0 Å². The molecule has 100 valence electrons. The fraction of sp³-hybridized carbons (Fsp3) is 0.545. The first-order valence-corrected chi connectivity index (χ1v) is 5.44. The van der Waals surface area contributed by atoms with E-state index in [1.165, 1.54) is 27.7 Å². The molecule has 0 amide bonds. The maximum Gasteiger partial charge on any atom is 0.496 e. The molecule has 1 aromatic heterocycles. The van der Waals surface area contributed by atoms with Gasteiger partial charge in [-0.05, 0) is 33.8 Å². The Bertz CT molecular complexity index is 435. The smallest absolute Gasteiger partial charge is 0.423 e. The number of rotatable bonds is 4. The molecule has 0 saturated heterocycles. The van der Waals surface area contributed by atoms with E-state index in [0.29, 0.717) is 6.20 Å². The van der Waals surface area contributed by atoms with Crippen molar-refractivity contribution in [1.82, 2.24) is 4.98 Å². The largest absolute Gasteiger partial charge is 0.496 e. The van der Waals surface area contributed by atoms with E-state index in [-0.39, 0.29) is 0 Å². The maximum absolute atomic E-state index is 13.3. The first kappa shape index (κ1) is 15.0. The molecule has 0 aliphatic rings. The van der Waals surface area contributed by atoms with Crippen LogP contribution < -0.4 is 5.46 Å². The second-order valence-corrected chi connectivity index (χ2v) is 5.07. The van der Waals surface area contributed by atoms with Crippen molar-refractivity contribution in [3.63, 3.8) is 0 Å². The minimum absolute atomic E-state index is 0.410. The van der Waals surface area contributed by atoms with Crippen LogP contribution >= 0.6 is 0 Å². The first-order chi connectivity index (χ1) is 8.04. The summed E-state index contributed by atoms with van der Waals surface area (Å²) in [6, 6.07) is 0.799. The lowest BCUT2D eigenvalue weighted by Crippen LogP contribution is -2.53. The topological polar surface area (TPSA) is 62.6 Å². The van der Waals surface area contributed by atoms with Crippen LogP contribution in [0.5, 0.6) is 0 Å². The van der Waals surface area contributed by atoms with E-state index in [4.69, 9.17) is 4.65 Å². The number of nitrogens with zero attached hydrogens (tertiary/aromatic N) is 1. The monoisotopic (exact) mass is 259 g/mol. The molecule has 1 heterocycles. The van der Waals surface area contributed by atoms with Crippen molar-refractivity contribution in [2.24, 2.45) is 0 Å². The molecule has 1 aromatic rings. The van der Waals surface area contributed by atoms with E-state index < -0.39 is 35.5 Å². The summed E-state index contributed by atoms with van der Waals surface area (Å²) in [5.41, 5.74) is -2.84. The summed E-state index contributed by atoms with van der Waals surface area (Å²) in [5.74, 6) is -1.80. The van der Waals surface area contributed by atoms with E-state index in [9.17, 15) is 18.9 Å². The SMILES string of the molecule is CC(C)(O)C(C)(C)OB(O)c1cc(F)cnc1F. The van der Waals surface area contributed by atoms with Gasteiger partial charge in [-0.2, -0.15) is 4.39 Å². The van der Waals surface area contributed by atoms with E-state index in [1.54, 1.807) is 0 Å². The summed E-state index contributed by atoms with van der Waals surface area (Å²) in [7, 11) is -1.71. The lowest BCUT2D eigenvalue weighted by molar-refractivity contribution is -0.0983. The van der Waals surface area contributed by atoms with Gasteiger partial charge in [-0.25, -0.2) is 9.37 Å². The van der Waals surface area contributed by atoms with Crippen molar-refractivity contribution in [3.8, 4) is 0 Å². The Kier molecular flexibility index (Phi) is 4.10. The molecule has 0 bridgehead atoms. The first-order valence-electron chi connectivity index (χ1n) is 5.44. The van der Waals surface area contributed by atoms with Crippen LogP contribution in [0.3, 0.4) is 0 Å². The minimum atomic E-state index is -1.71. The normalized spacial score (nSPS) is 12.7. The van der Waals surface area contributed by atoms with Gasteiger partial charge in [-0.1, -0.05) is 0 Å². The van der Waals surface area contributed by atoms with Gasteiger partial charge in [0, 0.05) is 5.46 Å². The van der Waals surface area contributed by atoms with Crippen LogP contribution in [0.25, 0.3) is 0 Å². The summed E-state index contributed by atoms with van der Waals surface area (Å²) in [4.78, 5) is 3.15. The van der Waals surface area contributed by atoms with Gasteiger partial charge >= 0.3 is 7.12 Å². The van der Waals surface area contributed by atoms with Crippen LogP contribution in [0, 0.1) is 11.8 Å². The van der Waals surface area contributed by atoms with Crippen LogP contribution in [0.15, 0.2) is 12.3 Å². The second-order valence-electron chi connectivity index (χ2n) is 5.07. The highest BCUT2D eigenvalue weighted by Gasteiger charge is 2.40. The van der Waals surface area contributed by atoms with E-state index in [2.05, 4.69) is 4.98 Å². The van der Waals surface area contributed by atoms with Gasteiger partial charge in [-0.15, -0.1) is 0 Å². The Hall–Kier alpha value is -1.05. The summed E-state index contributed by atoms with van der Waals surface area (Å²) in [6.07, 6.45) is 0.701. The highest BCUT2D eigenvalue weighted by molar-refractivity contribution is 6.60. The van der Waals surface area contributed by atoms with Gasteiger partial charge < -0.3 is 14.8 Å².